The smallest absolute Gasteiger partial charge is 0.387 e. The number of anilines is 1. The molecule has 0 atom stereocenters. The van der Waals surface area contributed by atoms with E-state index in [9.17, 15) is 18.4 Å². The molecule has 1 aromatic carbocycles. The quantitative estimate of drug-likeness (QED) is 0.823. The van der Waals surface area contributed by atoms with Gasteiger partial charge in [-0.15, -0.1) is 11.3 Å². The summed E-state index contributed by atoms with van der Waals surface area (Å²) in [5.41, 5.74) is 1.14. The van der Waals surface area contributed by atoms with Gasteiger partial charge in [0, 0.05) is 10.4 Å². The van der Waals surface area contributed by atoms with E-state index in [0.717, 1.165) is 10.4 Å². The van der Waals surface area contributed by atoms with Gasteiger partial charge in [0.1, 0.15) is 10.8 Å². The first-order valence-corrected chi connectivity index (χ1v) is 7.69. The molecule has 2 rings (SSSR count). The van der Waals surface area contributed by atoms with E-state index < -0.39 is 18.5 Å². The Morgan fingerprint density at radius 2 is 1.96 bits per heavy atom. The summed E-state index contributed by atoms with van der Waals surface area (Å²) in [7, 11) is 1.26. The Morgan fingerprint density at radius 3 is 2.58 bits per heavy atom. The van der Waals surface area contributed by atoms with Gasteiger partial charge >= 0.3 is 12.6 Å². The number of nitrogens with one attached hydrogen (secondary N) is 1. The van der Waals surface area contributed by atoms with Crippen molar-refractivity contribution in [3.05, 3.63) is 45.8 Å². The van der Waals surface area contributed by atoms with Gasteiger partial charge in [0.05, 0.1) is 12.7 Å². The number of alkyl halides is 2. The lowest BCUT2D eigenvalue weighted by atomic mass is 10.1. The van der Waals surface area contributed by atoms with Gasteiger partial charge in [-0.05, 0) is 37.6 Å². The Morgan fingerprint density at radius 1 is 1.25 bits per heavy atom. The van der Waals surface area contributed by atoms with Crippen LogP contribution in [0.3, 0.4) is 0 Å². The molecule has 1 amide bonds. The number of hydrogen-bond acceptors (Lipinski definition) is 5. The number of methoxy groups -OCH3 is 1. The highest BCUT2D eigenvalue weighted by Crippen LogP contribution is 2.33. The van der Waals surface area contributed by atoms with Gasteiger partial charge in [-0.1, -0.05) is 6.07 Å². The first-order chi connectivity index (χ1) is 11.3. The predicted octanol–water partition coefficient (Wildman–Crippen LogP) is 4.01. The lowest BCUT2D eigenvalue weighted by Gasteiger charge is -2.08. The van der Waals surface area contributed by atoms with Crippen LogP contribution in [0, 0.1) is 13.8 Å². The van der Waals surface area contributed by atoms with Crippen LogP contribution in [0.4, 0.5) is 13.8 Å². The molecule has 0 aliphatic heterocycles. The number of ether oxygens (including phenoxy) is 2. The topological polar surface area (TPSA) is 64.6 Å². The molecule has 5 nitrogen and oxygen atoms in total. The van der Waals surface area contributed by atoms with Crippen LogP contribution in [0.5, 0.6) is 5.75 Å². The van der Waals surface area contributed by atoms with Gasteiger partial charge in [-0.2, -0.15) is 8.78 Å². The number of rotatable bonds is 5. The van der Waals surface area contributed by atoms with Crippen LogP contribution in [0.1, 0.15) is 31.2 Å². The van der Waals surface area contributed by atoms with Gasteiger partial charge in [0.15, 0.2) is 0 Å². The molecule has 8 heteroatoms. The molecular formula is C16H15F2NO4S. The lowest BCUT2D eigenvalue weighted by Crippen LogP contribution is -2.14. The van der Waals surface area contributed by atoms with E-state index in [1.165, 1.54) is 42.7 Å². The van der Waals surface area contributed by atoms with Crippen molar-refractivity contribution >= 4 is 28.2 Å². The SMILES string of the molecule is COC(=O)c1c(NC(=O)c2cccc(OC(F)F)c2)sc(C)c1C. The molecule has 0 fully saturated rings. The highest BCUT2D eigenvalue weighted by Gasteiger charge is 2.22. The number of amides is 1. The summed E-state index contributed by atoms with van der Waals surface area (Å²) in [5.74, 6) is -1.22. The van der Waals surface area contributed by atoms with Gasteiger partial charge < -0.3 is 14.8 Å². The molecule has 1 N–H and O–H groups in total. The van der Waals surface area contributed by atoms with Crippen molar-refractivity contribution in [3.63, 3.8) is 0 Å². The number of carbonyl (C=O) groups is 2. The fraction of sp³-hybridized carbons (Fsp3) is 0.250. The number of benzene rings is 1. The highest BCUT2D eigenvalue weighted by atomic mass is 32.1. The van der Waals surface area contributed by atoms with E-state index in [1.54, 1.807) is 6.92 Å². The first kappa shape index (κ1) is 17.9. The van der Waals surface area contributed by atoms with E-state index in [0.29, 0.717) is 5.00 Å². The summed E-state index contributed by atoms with van der Waals surface area (Å²) in [5, 5.41) is 2.97. The van der Waals surface area contributed by atoms with Gasteiger partial charge in [-0.25, -0.2) is 4.79 Å². The maximum Gasteiger partial charge on any atom is 0.387 e. The number of carbonyl (C=O) groups excluding carboxylic acids is 2. The second-order valence-corrected chi connectivity index (χ2v) is 6.06. The second-order valence-electron chi connectivity index (χ2n) is 4.84. The van der Waals surface area contributed by atoms with Crippen LogP contribution in [0.15, 0.2) is 24.3 Å². The molecule has 2 aromatic rings. The summed E-state index contributed by atoms with van der Waals surface area (Å²) >= 11 is 1.24. The Hall–Kier alpha value is -2.48. The summed E-state index contributed by atoms with van der Waals surface area (Å²) in [4.78, 5) is 25.1. The van der Waals surface area contributed by atoms with Crippen molar-refractivity contribution in [1.82, 2.24) is 0 Å². The highest BCUT2D eigenvalue weighted by molar-refractivity contribution is 7.16. The van der Waals surface area contributed by atoms with Crippen LogP contribution in [-0.4, -0.2) is 25.6 Å². The van der Waals surface area contributed by atoms with Crippen molar-refractivity contribution in [1.29, 1.82) is 0 Å². The molecule has 0 aliphatic carbocycles. The third-order valence-electron chi connectivity index (χ3n) is 3.32. The number of thiophene rings is 1. The van der Waals surface area contributed by atoms with Gasteiger partial charge in [0.25, 0.3) is 5.91 Å². The molecule has 0 spiro atoms. The average molecular weight is 355 g/mol. The molecule has 0 radical (unpaired) electrons. The molecule has 24 heavy (non-hydrogen) atoms. The van der Waals surface area contributed by atoms with Gasteiger partial charge in [0.2, 0.25) is 0 Å². The number of halogens is 2. The molecule has 1 heterocycles. The monoisotopic (exact) mass is 355 g/mol. The molecule has 0 unspecified atom stereocenters. The summed E-state index contributed by atoms with van der Waals surface area (Å²) in [6.07, 6.45) is 0. The van der Waals surface area contributed by atoms with Crippen LogP contribution in [0.2, 0.25) is 0 Å². The summed E-state index contributed by atoms with van der Waals surface area (Å²) in [6.45, 7) is 0.598. The second kappa shape index (κ2) is 7.39. The van der Waals surface area contributed by atoms with E-state index in [4.69, 9.17) is 4.74 Å². The van der Waals surface area contributed by atoms with Crippen LogP contribution >= 0.6 is 11.3 Å². The van der Waals surface area contributed by atoms with E-state index in [1.807, 2.05) is 6.92 Å². The Balaban J connectivity index is 2.27. The fourth-order valence-corrected chi connectivity index (χ4v) is 3.10. The lowest BCUT2D eigenvalue weighted by molar-refractivity contribution is -0.0498. The van der Waals surface area contributed by atoms with Crippen molar-refractivity contribution in [3.8, 4) is 5.75 Å². The molecule has 0 saturated carbocycles. The van der Waals surface area contributed by atoms with Crippen LogP contribution < -0.4 is 10.1 Å². The Kier molecular flexibility index (Phi) is 5.50. The van der Waals surface area contributed by atoms with Crippen molar-refractivity contribution in [2.45, 2.75) is 20.5 Å². The average Bonchev–Trinajstić information content (AvgIpc) is 2.80. The minimum atomic E-state index is -2.98. The molecule has 0 bridgehead atoms. The minimum Gasteiger partial charge on any atom is -0.465 e. The number of esters is 1. The normalized spacial score (nSPS) is 10.6. The van der Waals surface area contributed by atoms with E-state index in [2.05, 4.69) is 10.1 Å². The van der Waals surface area contributed by atoms with E-state index >= 15 is 0 Å². The standard InChI is InChI=1S/C16H15F2NO4S/c1-8-9(2)24-14(12(8)15(21)22-3)19-13(20)10-5-4-6-11(7-10)23-16(17)18/h4-7,16H,1-3H3,(H,19,20). The Labute approximate surface area is 141 Å². The molecule has 1 aromatic heterocycles. The van der Waals surface area contributed by atoms with Crippen molar-refractivity contribution in [2.75, 3.05) is 12.4 Å². The maximum absolute atomic E-state index is 12.3. The molecular weight excluding hydrogens is 340 g/mol. The van der Waals surface area contributed by atoms with Crippen molar-refractivity contribution in [2.24, 2.45) is 0 Å². The molecule has 128 valence electrons. The van der Waals surface area contributed by atoms with Crippen LogP contribution in [0.25, 0.3) is 0 Å². The van der Waals surface area contributed by atoms with Crippen molar-refractivity contribution < 1.29 is 27.8 Å². The third kappa shape index (κ3) is 3.88. The predicted molar refractivity (Wildman–Crippen MR) is 86.2 cm³/mol. The first-order valence-electron chi connectivity index (χ1n) is 6.88. The Bertz CT molecular complexity index is 773. The van der Waals surface area contributed by atoms with Crippen LogP contribution in [-0.2, 0) is 4.74 Å². The summed E-state index contributed by atoms with van der Waals surface area (Å²) < 4.78 is 33.5. The zero-order valence-corrected chi connectivity index (χ0v) is 14.0. The van der Waals surface area contributed by atoms with Gasteiger partial charge in [-0.3, -0.25) is 4.79 Å². The molecule has 0 aliphatic rings. The maximum atomic E-state index is 12.3. The largest absolute Gasteiger partial charge is 0.465 e. The fourth-order valence-electron chi connectivity index (χ4n) is 2.05. The minimum absolute atomic E-state index is 0.121. The zero-order valence-electron chi connectivity index (χ0n) is 13.2. The zero-order chi connectivity index (χ0) is 17.9. The number of aryl methyl sites for hydroxylation is 1. The number of hydrogen-bond donors (Lipinski definition) is 1. The molecule has 0 saturated heterocycles. The third-order valence-corrected chi connectivity index (χ3v) is 4.45. The summed E-state index contributed by atoms with van der Waals surface area (Å²) in [6, 6.07) is 5.41. The van der Waals surface area contributed by atoms with E-state index in [-0.39, 0.29) is 16.9 Å².